The molecule has 96 valence electrons. The van der Waals surface area contributed by atoms with Gasteiger partial charge in [0.05, 0.1) is 4.90 Å². The van der Waals surface area contributed by atoms with Crippen LogP contribution in [-0.2, 0) is 23.8 Å². The van der Waals surface area contributed by atoms with E-state index in [2.05, 4.69) is 14.8 Å². The first-order valence-corrected chi connectivity index (χ1v) is 6.42. The van der Waals surface area contributed by atoms with E-state index in [0.29, 0.717) is 0 Å². The van der Waals surface area contributed by atoms with Gasteiger partial charge in [0.1, 0.15) is 0 Å². The molecule has 1 aromatic carbocycles. The minimum absolute atomic E-state index is 0.0159. The van der Waals surface area contributed by atoms with Gasteiger partial charge in [-0.3, -0.25) is 4.18 Å². The molecule has 0 N–H and O–H groups in total. The van der Waals surface area contributed by atoms with Gasteiger partial charge in [0.15, 0.2) is 13.2 Å². The standard InChI is InChI=1S/C12H12O5S/c1-3-8-16-12(13)9-17-18(14,15)11-6-4-10(2)5-7-11/h1,4-7H,8-9H2,2H3. The molecule has 0 atom stereocenters. The van der Waals surface area contributed by atoms with Crippen LogP contribution < -0.4 is 0 Å². The summed E-state index contributed by atoms with van der Waals surface area (Å²) < 4.78 is 32.3. The molecule has 0 aliphatic rings. The van der Waals surface area contributed by atoms with Crippen molar-refractivity contribution in [2.45, 2.75) is 11.8 Å². The molecule has 6 heteroatoms. The maximum Gasteiger partial charge on any atom is 0.334 e. The summed E-state index contributed by atoms with van der Waals surface area (Å²) in [6.45, 7) is 0.916. The van der Waals surface area contributed by atoms with Gasteiger partial charge in [-0.1, -0.05) is 23.6 Å². The van der Waals surface area contributed by atoms with E-state index in [1.165, 1.54) is 12.1 Å². The monoisotopic (exact) mass is 268 g/mol. The molecule has 0 fully saturated rings. The van der Waals surface area contributed by atoms with Gasteiger partial charge in [0.2, 0.25) is 0 Å². The number of hydrogen-bond acceptors (Lipinski definition) is 5. The number of terminal acetylenes is 1. The van der Waals surface area contributed by atoms with Crippen molar-refractivity contribution in [1.29, 1.82) is 0 Å². The zero-order chi connectivity index (χ0) is 13.6. The number of carbonyl (C=O) groups is 1. The lowest BCUT2D eigenvalue weighted by molar-refractivity contribution is -0.144. The van der Waals surface area contributed by atoms with E-state index in [0.717, 1.165) is 5.56 Å². The predicted octanol–water partition coefficient (Wildman–Crippen LogP) is 0.877. The average Bonchev–Trinajstić information content (AvgIpc) is 2.34. The molecule has 1 rings (SSSR count). The van der Waals surface area contributed by atoms with E-state index in [9.17, 15) is 13.2 Å². The van der Waals surface area contributed by atoms with Crippen LogP contribution in [0.1, 0.15) is 5.56 Å². The highest BCUT2D eigenvalue weighted by Gasteiger charge is 2.17. The first-order valence-electron chi connectivity index (χ1n) is 5.01. The Kier molecular flexibility index (Phi) is 4.89. The van der Waals surface area contributed by atoms with Crippen LogP contribution in [0.25, 0.3) is 0 Å². The average molecular weight is 268 g/mol. The van der Waals surface area contributed by atoms with Gasteiger partial charge in [0.25, 0.3) is 10.1 Å². The molecule has 0 saturated heterocycles. The van der Waals surface area contributed by atoms with Crippen LogP contribution in [0.15, 0.2) is 29.2 Å². The SMILES string of the molecule is C#CCOC(=O)COS(=O)(=O)c1ccc(C)cc1. The number of esters is 1. The van der Waals surface area contributed by atoms with Gasteiger partial charge in [-0.25, -0.2) is 4.79 Å². The van der Waals surface area contributed by atoms with Crippen molar-refractivity contribution in [3.63, 3.8) is 0 Å². The normalized spacial score (nSPS) is 10.7. The molecule has 0 unspecified atom stereocenters. The Morgan fingerprint density at radius 3 is 2.50 bits per heavy atom. The molecular weight excluding hydrogens is 256 g/mol. The number of rotatable bonds is 5. The van der Waals surface area contributed by atoms with E-state index in [-0.39, 0.29) is 11.5 Å². The highest BCUT2D eigenvalue weighted by Crippen LogP contribution is 2.12. The molecule has 18 heavy (non-hydrogen) atoms. The third-order valence-corrected chi connectivity index (χ3v) is 3.24. The molecule has 0 aromatic heterocycles. The van der Waals surface area contributed by atoms with Gasteiger partial charge >= 0.3 is 5.97 Å². The van der Waals surface area contributed by atoms with E-state index < -0.39 is 22.7 Å². The molecule has 0 heterocycles. The minimum atomic E-state index is -3.95. The van der Waals surface area contributed by atoms with Crippen LogP contribution in [0.3, 0.4) is 0 Å². The molecule has 0 aliphatic carbocycles. The summed E-state index contributed by atoms with van der Waals surface area (Å²) in [6.07, 6.45) is 4.88. The van der Waals surface area contributed by atoms with Crippen molar-refractivity contribution in [1.82, 2.24) is 0 Å². The Labute approximate surface area is 106 Å². The summed E-state index contributed by atoms with van der Waals surface area (Å²) >= 11 is 0. The topological polar surface area (TPSA) is 69.7 Å². The lowest BCUT2D eigenvalue weighted by Gasteiger charge is -2.05. The summed E-state index contributed by atoms with van der Waals surface area (Å²) in [5.74, 6) is 1.26. The van der Waals surface area contributed by atoms with Crippen molar-refractivity contribution in [2.75, 3.05) is 13.2 Å². The third-order valence-electron chi connectivity index (χ3n) is 1.96. The number of benzene rings is 1. The summed E-state index contributed by atoms with van der Waals surface area (Å²) in [7, 11) is -3.95. The lowest BCUT2D eigenvalue weighted by Crippen LogP contribution is -2.17. The molecule has 0 radical (unpaired) electrons. The highest BCUT2D eigenvalue weighted by molar-refractivity contribution is 7.86. The van der Waals surface area contributed by atoms with Gasteiger partial charge in [0, 0.05) is 0 Å². The number of ether oxygens (including phenoxy) is 1. The van der Waals surface area contributed by atoms with Crippen LogP contribution in [0.2, 0.25) is 0 Å². The fourth-order valence-corrected chi connectivity index (χ4v) is 1.92. The van der Waals surface area contributed by atoms with E-state index in [4.69, 9.17) is 6.42 Å². The second kappa shape index (κ2) is 6.19. The summed E-state index contributed by atoms with van der Waals surface area (Å²) in [4.78, 5) is 11.0. The maximum absolute atomic E-state index is 11.7. The second-order valence-electron chi connectivity index (χ2n) is 3.39. The molecule has 0 aliphatic heterocycles. The minimum Gasteiger partial charge on any atom is -0.451 e. The second-order valence-corrected chi connectivity index (χ2v) is 5.01. The van der Waals surface area contributed by atoms with Gasteiger partial charge in [-0.2, -0.15) is 8.42 Å². The predicted molar refractivity (Wildman–Crippen MR) is 64.1 cm³/mol. The van der Waals surface area contributed by atoms with Crippen molar-refractivity contribution in [3.8, 4) is 12.3 Å². The number of aryl methyl sites for hydroxylation is 1. The van der Waals surface area contributed by atoms with E-state index >= 15 is 0 Å². The maximum atomic E-state index is 11.7. The zero-order valence-electron chi connectivity index (χ0n) is 9.75. The van der Waals surface area contributed by atoms with Crippen LogP contribution in [-0.4, -0.2) is 27.6 Å². The van der Waals surface area contributed by atoms with Gasteiger partial charge in [-0.05, 0) is 19.1 Å². The smallest absolute Gasteiger partial charge is 0.334 e. The van der Waals surface area contributed by atoms with Crippen LogP contribution in [0, 0.1) is 19.3 Å². The summed E-state index contributed by atoms with van der Waals surface area (Å²) in [5, 5.41) is 0. The Bertz CT molecular complexity index is 551. The van der Waals surface area contributed by atoms with Crippen molar-refractivity contribution >= 4 is 16.1 Å². The third kappa shape index (κ3) is 4.20. The first-order chi connectivity index (χ1) is 8.45. The molecule has 0 spiro atoms. The summed E-state index contributed by atoms with van der Waals surface area (Å²) in [6, 6.07) is 6.06. The quantitative estimate of drug-likeness (QED) is 0.450. The Balaban J connectivity index is 2.63. The fourth-order valence-electron chi connectivity index (χ4n) is 1.06. The zero-order valence-corrected chi connectivity index (χ0v) is 10.6. The fraction of sp³-hybridized carbons (Fsp3) is 0.250. The molecule has 1 aromatic rings. The van der Waals surface area contributed by atoms with Crippen molar-refractivity contribution in [3.05, 3.63) is 29.8 Å². The van der Waals surface area contributed by atoms with E-state index in [1.807, 2.05) is 6.92 Å². The van der Waals surface area contributed by atoms with Gasteiger partial charge < -0.3 is 4.74 Å². The molecule has 0 amide bonds. The van der Waals surface area contributed by atoms with Gasteiger partial charge in [-0.15, -0.1) is 6.42 Å². The van der Waals surface area contributed by atoms with Crippen molar-refractivity contribution < 1.29 is 22.1 Å². The highest BCUT2D eigenvalue weighted by atomic mass is 32.2. The Hall–Kier alpha value is -1.84. The largest absolute Gasteiger partial charge is 0.451 e. The van der Waals surface area contributed by atoms with Crippen LogP contribution in [0.5, 0.6) is 0 Å². The molecule has 0 saturated carbocycles. The number of carbonyl (C=O) groups excluding carboxylic acids is 1. The first kappa shape index (κ1) is 14.2. The van der Waals surface area contributed by atoms with Crippen molar-refractivity contribution in [2.24, 2.45) is 0 Å². The summed E-state index contributed by atoms with van der Waals surface area (Å²) in [5.41, 5.74) is 0.919. The Morgan fingerprint density at radius 1 is 1.33 bits per heavy atom. The molecular formula is C12H12O5S. The van der Waals surface area contributed by atoms with E-state index in [1.54, 1.807) is 12.1 Å². The number of hydrogen-bond donors (Lipinski definition) is 0. The Morgan fingerprint density at radius 2 is 1.94 bits per heavy atom. The lowest BCUT2D eigenvalue weighted by atomic mass is 10.2. The van der Waals surface area contributed by atoms with Crippen LogP contribution >= 0.6 is 0 Å². The molecule has 5 nitrogen and oxygen atoms in total. The molecule has 0 bridgehead atoms. The van der Waals surface area contributed by atoms with Crippen LogP contribution in [0.4, 0.5) is 0 Å².